The van der Waals surface area contributed by atoms with Gasteiger partial charge in [0.2, 0.25) is 0 Å². The summed E-state index contributed by atoms with van der Waals surface area (Å²) in [6, 6.07) is 0. The highest BCUT2D eigenvalue weighted by Gasteiger charge is 2.30. The third-order valence-corrected chi connectivity index (χ3v) is 3.35. The fraction of sp³-hybridized carbons (Fsp3) is 0.800. The molecule has 1 N–H and O–H groups in total. The number of thiol groups is 1. The third kappa shape index (κ3) is 2.10. The first-order valence-corrected chi connectivity index (χ1v) is 4.25. The van der Waals surface area contributed by atoms with Gasteiger partial charge in [-0.25, -0.2) is 4.79 Å². The van der Waals surface area contributed by atoms with E-state index in [1.165, 1.54) is 11.8 Å². The summed E-state index contributed by atoms with van der Waals surface area (Å²) in [5.74, 6) is -0.860. The zero-order valence-electron chi connectivity index (χ0n) is 5.42. The molecule has 0 aromatic rings. The van der Waals surface area contributed by atoms with Crippen molar-refractivity contribution in [3.05, 3.63) is 0 Å². The predicted molar refractivity (Wildman–Crippen MR) is 43.2 cm³/mol. The van der Waals surface area contributed by atoms with Gasteiger partial charge in [0.05, 0.1) is 0 Å². The van der Waals surface area contributed by atoms with E-state index in [1.54, 1.807) is 13.2 Å². The number of rotatable bonds is 3. The molecule has 0 rings (SSSR count). The average molecular weight is 166 g/mol. The Bertz CT molecular complexity index is 110. The predicted octanol–water partition coefficient (Wildman–Crippen LogP) is 1.47. The van der Waals surface area contributed by atoms with E-state index in [2.05, 4.69) is 12.6 Å². The van der Waals surface area contributed by atoms with Crippen molar-refractivity contribution in [1.82, 2.24) is 0 Å². The van der Waals surface area contributed by atoms with Crippen LogP contribution in [-0.2, 0) is 4.79 Å². The number of aliphatic carboxylic acids is 1. The Morgan fingerprint density at radius 2 is 2.33 bits per heavy atom. The lowest BCUT2D eigenvalue weighted by Crippen LogP contribution is -2.26. The molecule has 0 heterocycles. The summed E-state index contributed by atoms with van der Waals surface area (Å²) >= 11 is 5.22. The van der Waals surface area contributed by atoms with Gasteiger partial charge >= 0.3 is 5.97 Å². The topological polar surface area (TPSA) is 37.3 Å². The summed E-state index contributed by atoms with van der Waals surface area (Å²) in [7, 11) is 0. The van der Waals surface area contributed by atoms with Crippen LogP contribution >= 0.6 is 24.4 Å². The molecule has 0 spiro atoms. The molecule has 0 aromatic heterocycles. The van der Waals surface area contributed by atoms with Gasteiger partial charge in [0.15, 0.2) is 4.08 Å². The van der Waals surface area contributed by atoms with Crippen molar-refractivity contribution in [3.8, 4) is 0 Å². The van der Waals surface area contributed by atoms with Crippen LogP contribution in [0.1, 0.15) is 13.3 Å². The maximum Gasteiger partial charge on any atom is 0.329 e. The highest BCUT2D eigenvalue weighted by molar-refractivity contribution is 8.12. The molecular formula is C5H10O2S2. The van der Waals surface area contributed by atoms with Crippen LogP contribution in [0.4, 0.5) is 0 Å². The standard InChI is InChI=1S/C5H10O2S2/c1-3-5(8,9-2)4(6)7/h8H,3H2,1-2H3,(H,6,7). The van der Waals surface area contributed by atoms with E-state index in [9.17, 15) is 4.79 Å². The largest absolute Gasteiger partial charge is 0.480 e. The molecule has 0 bridgehead atoms. The second kappa shape index (κ2) is 3.37. The second-order valence-corrected chi connectivity index (χ2v) is 3.82. The molecule has 9 heavy (non-hydrogen) atoms. The first-order valence-electron chi connectivity index (χ1n) is 2.57. The Kier molecular flexibility index (Phi) is 3.43. The summed E-state index contributed by atoms with van der Waals surface area (Å²) in [5, 5.41) is 8.54. The molecule has 0 fully saturated rings. The van der Waals surface area contributed by atoms with Crippen LogP contribution in [0.25, 0.3) is 0 Å². The van der Waals surface area contributed by atoms with E-state index in [0.717, 1.165) is 0 Å². The summed E-state index contributed by atoms with van der Waals surface area (Å²) in [6.07, 6.45) is 2.28. The number of carboxylic acids is 1. The fourth-order valence-electron chi connectivity index (χ4n) is 0.383. The molecule has 0 aromatic carbocycles. The Balaban J connectivity index is 4.09. The minimum absolute atomic E-state index is 0.534. The normalized spacial score (nSPS) is 16.8. The van der Waals surface area contributed by atoms with E-state index < -0.39 is 10.0 Å². The second-order valence-electron chi connectivity index (χ2n) is 1.65. The molecule has 0 saturated heterocycles. The van der Waals surface area contributed by atoms with Crippen LogP contribution in [0.2, 0.25) is 0 Å². The molecule has 4 heteroatoms. The van der Waals surface area contributed by atoms with E-state index in [-0.39, 0.29) is 0 Å². The van der Waals surface area contributed by atoms with Gasteiger partial charge in [-0.15, -0.1) is 11.8 Å². The van der Waals surface area contributed by atoms with Gasteiger partial charge in [-0.3, -0.25) is 0 Å². The van der Waals surface area contributed by atoms with Crippen molar-refractivity contribution in [1.29, 1.82) is 0 Å². The number of hydrogen-bond donors (Lipinski definition) is 2. The summed E-state index contributed by atoms with van der Waals surface area (Å²) in [6.45, 7) is 1.80. The lowest BCUT2D eigenvalue weighted by molar-refractivity contribution is -0.137. The highest BCUT2D eigenvalue weighted by atomic mass is 32.2. The SMILES string of the molecule is CCC(S)(SC)C(=O)O. The van der Waals surface area contributed by atoms with Crippen molar-refractivity contribution in [2.45, 2.75) is 17.4 Å². The van der Waals surface area contributed by atoms with E-state index in [4.69, 9.17) is 5.11 Å². The van der Waals surface area contributed by atoms with Crippen LogP contribution in [0, 0.1) is 0 Å². The van der Waals surface area contributed by atoms with Gasteiger partial charge in [-0.1, -0.05) is 6.92 Å². The van der Waals surface area contributed by atoms with Crippen molar-refractivity contribution in [2.75, 3.05) is 6.26 Å². The highest BCUT2D eigenvalue weighted by Crippen LogP contribution is 2.30. The lowest BCUT2D eigenvalue weighted by atomic mass is 10.3. The molecule has 0 radical (unpaired) electrons. The first kappa shape index (κ1) is 9.17. The molecule has 0 aliphatic rings. The van der Waals surface area contributed by atoms with Crippen LogP contribution in [0.3, 0.4) is 0 Å². The average Bonchev–Trinajstić information content (AvgIpc) is 1.86. The molecular weight excluding hydrogens is 156 g/mol. The molecule has 0 saturated carbocycles. The van der Waals surface area contributed by atoms with E-state index in [0.29, 0.717) is 6.42 Å². The zero-order chi connectivity index (χ0) is 7.49. The molecule has 0 amide bonds. The minimum atomic E-state index is -0.889. The molecule has 0 aliphatic carbocycles. The number of thioether (sulfide) groups is 1. The van der Waals surface area contributed by atoms with Gasteiger partial charge < -0.3 is 5.11 Å². The van der Waals surface area contributed by atoms with E-state index >= 15 is 0 Å². The van der Waals surface area contributed by atoms with Crippen molar-refractivity contribution in [2.24, 2.45) is 0 Å². The number of hydrogen-bond acceptors (Lipinski definition) is 3. The third-order valence-electron chi connectivity index (χ3n) is 1.15. The summed E-state index contributed by atoms with van der Waals surface area (Å²) in [5.41, 5.74) is 0. The van der Waals surface area contributed by atoms with Crippen LogP contribution in [0.5, 0.6) is 0 Å². The zero-order valence-corrected chi connectivity index (χ0v) is 7.13. The fourth-order valence-corrected chi connectivity index (χ4v) is 0.846. The van der Waals surface area contributed by atoms with Crippen LogP contribution in [0.15, 0.2) is 0 Å². The molecule has 54 valence electrons. The number of carboxylic acid groups (broad SMARTS) is 1. The smallest absolute Gasteiger partial charge is 0.329 e. The van der Waals surface area contributed by atoms with Gasteiger partial charge in [0.25, 0.3) is 0 Å². The minimum Gasteiger partial charge on any atom is -0.480 e. The van der Waals surface area contributed by atoms with Gasteiger partial charge in [-0.2, -0.15) is 12.6 Å². The molecule has 1 atom stereocenters. The Morgan fingerprint density at radius 1 is 1.89 bits per heavy atom. The van der Waals surface area contributed by atoms with Crippen molar-refractivity contribution >= 4 is 30.4 Å². The van der Waals surface area contributed by atoms with Gasteiger partial charge in [0.1, 0.15) is 0 Å². The Morgan fingerprint density at radius 3 is 2.33 bits per heavy atom. The van der Waals surface area contributed by atoms with E-state index in [1.807, 2.05) is 0 Å². The molecule has 2 nitrogen and oxygen atoms in total. The van der Waals surface area contributed by atoms with Crippen molar-refractivity contribution in [3.63, 3.8) is 0 Å². The van der Waals surface area contributed by atoms with Gasteiger partial charge in [0, 0.05) is 0 Å². The van der Waals surface area contributed by atoms with Crippen LogP contribution in [-0.4, -0.2) is 21.4 Å². The summed E-state index contributed by atoms with van der Waals surface area (Å²) in [4.78, 5) is 10.4. The molecule has 0 aliphatic heterocycles. The molecule has 1 unspecified atom stereocenters. The lowest BCUT2D eigenvalue weighted by Gasteiger charge is -2.17. The quantitative estimate of drug-likeness (QED) is 0.492. The van der Waals surface area contributed by atoms with Gasteiger partial charge in [-0.05, 0) is 12.7 Å². The maximum absolute atomic E-state index is 10.4. The monoisotopic (exact) mass is 166 g/mol. The number of carbonyl (C=O) groups is 1. The summed E-state index contributed by atoms with van der Waals surface area (Å²) < 4.78 is -0.889. The Hall–Kier alpha value is 0.170. The first-order chi connectivity index (χ1) is 4.06. The van der Waals surface area contributed by atoms with Crippen molar-refractivity contribution < 1.29 is 9.90 Å². The maximum atomic E-state index is 10.4. The Labute approximate surface area is 64.4 Å². The van der Waals surface area contributed by atoms with Crippen LogP contribution < -0.4 is 0 Å².